The van der Waals surface area contributed by atoms with E-state index in [0.29, 0.717) is 5.69 Å². The van der Waals surface area contributed by atoms with Crippen LogP contribution in [-0.2, 0) is 0 Å². The number of halogens is 1. The molecule has 2 aromatic rings. The zero-order valence-corrected chi connectivity index (χ0v) is 11.6. The average molecular weight is 285 g/mol. The number of hydrogen-bond acceptors (Lipinski definition) is 3. The molecule has 0 bridgehead atoms. The van der Waals surface area contributed by atoms with Gasteiger partial charge in [-0.3, -0.25) is 9.78 Å². The Bertz CT molecular complexity index is 626. The summed E-state index contributed by atoms with van der Waals surface area (Å²) in [6.45, 7) is 0. The van der Waals surface area contributed by atoms with Crippen LogP contribution in [0.15, 0.2) is 42.9 Å². The van der Waals surface area contributed by atoms with Crippen molar-refractivity contribution < 1.29 is 9.18 Å². The molecule has 0 spiro atoms. The molecule has 108 valence electrons. The monoisotopic (exact) mass is 285 g/mol. The van der Waals surface area contributed by atoms with E-state index in [1.807, 2.05) is 0 Å². The fourth-order valence-electron chi connectivity index (χ4n) is 2.81. The van der Waals surface area contributed by atoms with Crippen LogP contribution in [0.2, 0.25) is 0 Å². The summed E-state index contributed by atoms with van der Waals surface area (Å²) >= 11 is 0. The Labute approximate surface area is 122 Å². The van der Waals surface area contributed by atoms with Gasteiger partial charge in [0.1, 0.15) is 11.5 Å². The van der Waals surface area contributed by atoms with Crippen molar-refractivity contribution in [3.8, 4) is 0 Å². The fourth-order valence-corrected chi connectivity index (χ4v) is 2.81. The Morgan fingerprint density at radius 2 is 1.95 bits per heavy atom. The highest BCUT2D eigenvalue weighted by Crippen LogP contribution is 2.30. The van der Waals surface area contributed by atoms with Crippen molar-refractivity contribution in [3.63, 3.8) is 0 Å². The summed E-state index contributed by atoms with van der Waals surface area (Å²) in [4.78, 5) is 22.3. The largest absolute Gasteiger partial charge is 0.301 e. The van der Waals surface area contributed by atoms with Crippen molar-refractivity contribution in [1.29, 1.82) is 0 Å². The molecule has 4 nitrogen and oxygen atoms in total. The molecule has 1 aliphatic rings. The Morgan fingerprint density at radius 1 is 1.19 bits per heavy atom. The highest BCUT2D eigenvalue weighted by molar-refractivity contribution is 6.05. The number of anilines is 1. The molecule has 0 saturated heterocycles. The van der Waals surface area contributed by atoms with Gasteiger partial charge >= 0.3 is 0 Å². The van der Waals surface area contributed by atoms with Gasteiger partial charge in [0.25, 0.3) is 5.91 Å². The molecule has 0 radical (unpaired) electrons. The molecule has 1 aromatic heterocycles. The van der Waals surface area contributed by atoms with E-state index >= 15 is 0 Å². The molecule has 0 unspecified atom stereocenters. The third kappa shape index (κ3) is 2.77. The zero-order chi connectivity index (χ0) is 14.7. The lowest BCUT2D eigenvalue weighted by Gasteiger charge is -2.29. The van der Waals surface area contributed by atoms with Crippen LogP contribution in [0.25, 0.3) is 0 Å². The van der Waals surface area contributed by atoms with Crippen LogP contribution >= 0.6 is 0 Å². The first-order valence-electron chi connectivity index (χ1n) is 7.11. The third-order valence-electron chi connectivity index (χ3n) is 3.80. The predicted molar refractivity (Wildman–Crippen MR) is 77.5 cm³/mol. The molecule has 1 saturated carbocycles. The molecular formula is C16H16FN3O. The number of benzene rings is 1. The van der Waals surface area contributed by atoms with E-state index in [4.69, 9.17) is 0 Å². The number of rotatable bonds is 3. The number of nitrogens with zero attached hydrogens (tertiary/aromatic N) is 3. The number of aromatic nitrogens is 2. The molecule has 0 aliphatic heterocycles. The van der Waals surface area contributed by atoms with Crippen molar-refractivity contribution in [2.24, 2.45) is 0 Å². The molecular weight excluding hydrogens is 269 g/mol. The quantitative estimate of drug-likeness (QED) is 0.870. The maximum absolute atomic E-state index is 14.1. The van der Waals surface area contributed by atoms with E-state index in [1.54, 1.807) is 23.1 Å². The molecule has 0 atom stereocenters. The second-order valence-electron chi connectivity index (χ2n) is 5.16. The molecule has 1 fully saturated rings. The van der Waals surface area contributed by atoms with Crippen LogP contribution in [0.3, 0.4) is 0 Å². The summed E-state index contributed by atoms with van der Waals surface area (Å²) in [6.07, 6.45) is 8.31. The van der Waals surface area contributed by atoms with Gasteiger partial charge in [-0.2, -0.15) is 0 Å². The maximum Gasteiger partial charge on any atom is 0.278 e. The first-order chi connectivity index (χ1) is 10.3. The number of carbonyl (C=O) groups is 1. The summed E-state index contributed by atoms with van der Waals surface area (Å²) in [5.41, 5.74) is 0.563. The van der Waals surface area contributed by atoms with Gasteiger partial charge in [-0.1, -0.05) is 25.0 Å². The second-order valence-corrected chi connectivity index (χ2v) is 5.16. The van der Waals surface area contributed by atoms with E-state index in [2.05, 4.69) is 9.97 Å². The predicted octanol–water partition coefficient (Wildman–Crippen LogP) is 3.21. The summed E-state index contributed by atoms with van der Waals surface area (Å²) in [5.74, 6) is -0.679. The minimum Gasteiger partial charge on any atom is -0.301 e. The Hall–Kier alpha value is -2.30. The van der Waals surface area contributed by atoms with Gasteiger partial charge in [-0.05, 0) is 25.0 Å². The smallest absolute Gasteiger partial charge is 0.278 e. The van der Waals surface area contributed by atoms with Gasteiger partial charge in [0.15, 0.2) is 0 Å². The normalized spacial score (nSPS) is 15.1. The lowest BCUT2D eigenvalue weighted by atomic mass is 10.1. The van der Waals surface area contributed by atoms with Crippen molar-refractivity contribution in [3.05, 3.63) is 54.4 Å². The molecule has 5 heteroatoms. The Kier molecular flexibility index (Phi) is 3.90. The van der Waals surface area contributed by atoms with E-state index in [9.17, 15) is 9.18 Å². The van der Waals surface area contributed by atoms with Crippen LogP contribution in [0.1, 0.15) is 36.2 Å². The Balaban J connectivity index is 2.00. The number of carbonyl (C=O) groups excluding carboxylic acids is 1. The minimum atomic E-state index is -0.387. The highest BCUT2D eigenvalue weighted by atomic mass is 19.1. The lowest BCUT2D eigenvalue weighted by molar-refractivity contribution is 0.0970. The topological polar surface area (TPSA) is 46.1 Å². The molecule has 21 heavy (non-hydrogen) atoms. The zero-order valence-electron chi connectivity index (χ0n) is 11.6. The van der Waals surface area contributed by atoms with Crippen molar-refractivity contribution in [2.45, 2.75) is 31.7 Å². The van der Waals surface area contributed by atoms with Gasteiger partial charge < -0.3 is 4.90 Å². The summed E-state index contributed by atoms with van der Waals surface area (Å²) < 4.78 is 14.1. The molecule has 3 rings (SSSR count). The average Bonchev–Trinajstić information content (AvgIpc) is 3.04. The van der Waals surface area contributed by atoms with Crippen LogP contribution in [0.4, 0.5) is 10.1 Å². The SMILES string of the molecule is O=C(c1cnccn1)N(c1ccccc1F)C1CCCC1. The second kappa shape index (κ2) is 5.99. The first kappa shape index (κ1) is 13.7. The highest BCUT2D eigenvalue weighted by Gasteiger charge is 2.31. The molecule has 1 amide bonds. The van der Waals surface area contributed by atoms with Crippen LogP contribution in [-0.4, -0.2) is 21.9 Å². The van der Waals surface area contributed by atoms with Gasteiger partial charge in [-0.25, -0.2) is 9.37 Å². The van der Waals surface area contributed by atoms with E-state index in [1.165, 1.54) is 24.7 Å². The van der Waals surface area contributed by atoms with E-state index in [0.717, 1.165) is 25.7 Å². The van der Waals surface area contributed by atoms with Crippen LogP contribution < -0.4 is 4.90 Å². The summed E-state index contributed by atoms with van der Waals surface area (Å²) in [5, 5.41) is 0. The van der Waals surface area contributed by atoms with Crippen molar-refractivity contribution in [2.75, 3.05) is 4.90 Å². The summed E-state index contributed by atoms with van der Waals surface area (Å²) in [7, 11) is 0. The van der Waals surface area contributed by atoms with Gasteiger partial charge in [0, 0.05) is 18.4 Å². The number of para-hydroxylation sites is 1. The Morgan fingerprint density at radius 3 is 2.62 bits per heavy atom. The van der Waals surface area contributed by atoms with Gasteiger partial charge in [0.05, 0.1) is 11.9 Å². The molecule has 0 N–H and O–H groups in total. The first-order valence-corrected chi connectivity index (χ1v) is 7.11. The minimum absolute atomic E-state index is 0.0245. The fraction of sp³-hybridized carbons (Fsp3) is 0.312. The number of hydrogen-bond donors (Lipinski definition) is 0. The number of amides is 1. The van der Waals surface area contributed by atoms with Crippen molar-refractivity contribution in [1.82, 2.24) is 9.97 Å². The summed E-state index contributed by atoms with van der Waals surface area (Å²) in [6, 6.07) is 6.41. The lowest BCUT2D eigenvalue weighted by Crippen LogP contribution is -2.40. The molecule has 1 heterocycles. The van der Waals surface area contributed by atoms with Gasteiger partial charge in [0.2, 0.25) is 0 Å². The van der Waals surface area contributed by atoms with Crippen LogP contribution in [0.5, 0.6) is 0 Å². The van der Waals surface area contributed by atoms with Crippen molar-refractivity contribution >= 4 is 11.6 Å². The molecule has 1 aromatic carbocycles. The maximum atomic E-state index is 14.1. The third-order valence-corrected chi connectivity index (χ3v) is 3.80. The van der Waals surface area contributed by atoms with Gasteiger partial charge in [-0.15, -0.1) is 0 Å². The van der Waals surface area contributed by atoms with E-state index < -0.39 is 0 Å². The van der Waals surface area contributed by atoms with Crippen LogP contribution in [0, 0.1) is 5.82 Å². The van der Waals surface area contributed by atoms with E-state index in [-0.39, 0.29) is 23.5 Å². The molecule has 1 aliphatic carbocycles. The standard InChI is InChI=1S/C16H16FN3O/c17-13-7-3-4-8-15(13)20(12-5-1-2-6-12)16(21)14-11-18-9-10-19-14/h3-4,7-12H,1-2,5-6H2.